The Hall–Kier alpha value is -2.10. The molecule has 0 aromatic carbocycles. The zero-order valence-electron chi connectivity index (χ0n) is 15.7. The van der Waals surface area contributed by atoms with Crippen molar-refractivity contribution in [3.05, 3.63) is 23.9 Å². The summed E-state index contributed by atoms with van der Waals surface area (Å²) in [6.45, 7) is 8.16. The number of hydrogen-bond donors (Lipinski definition) is 1. The summed E-state index contributed by atoms with van der Waals surface area (Å²) in [6, 6.07) is 3.44. The molecule has 9 nitrogen and oxygen atoms in total. The largest absolute Gasteiger partial charge is 0.396 e. The first-order chi connectivity index (χ1) is 13.0. The van der Waals surface area contributed by atoms with Gasteiger partial charge in [-0.25, -0.2) is 4.52 Å². The number of nitrogens with zero attached hydrogens (tertiary/aromatic N) is 6. The van der Waals surface area contributed by atoms with Gasteiger partial charge in [0.15, 0.2) is 5.65 Å². The van der Waals surface area contributed by atoms with Crippen LogP contribution in [0.1, 0.15) is 24.2 Å². The molecule has 4 rings (SSSR count). The Morgan fingerprint density at radius 1 is 1.22 bits per heavy atom. The van der Waals surface area contributed by atoms with Gasteiger partial charge in [0, 0.05) is 57.0 Å². The molecule has 27 heavy (non-hydrogen) atoms. The highest BCUT2D eigenvalue weighted by Crippen LogP contribution is 2.27. The van der Waals surface area contributed by atoms with Gasteiger partial charge in [-0.05, 0) is 42.3 Å². The topological polar surface area (TPSA) is 96.1 Å². The minimum atomic E-state index is -0.0369. The van der Waals surface area contributed by atoms with Gasteiger partial charge < -0.3 is 14.7 Å². The van der Waals surface area contributed by atoms with Crippen molar-refractivity contribution in [1.29, 1.82) is 0 Å². The van der Waals surface area contributed by atoms with Crippen LogP contribution < -0.4 is 0 Å². The highest BCUT2D eigenvalue weighted by Gasteiger charge is 2.37. The van der Waals surface area contributed by atoms with Crippen LogP contribution in [0.3, 0.4) is 0 Å². The molecule has 1 N–H and O–H groups in total. The third-order valence-electron chi connectivity index (χ3n) is 5.53. The van der Waals surface area contributed by atoms with Crippen LogP contribution in [0.15, 0.2) is 18.3 Å². The van der Waals surface area contributed by atoms with Gasteiger partial charge in [0.2, 0.25) is 0 Å². The van der Waals surface area contributed by atoms with E-state index in [1.54, 1.807) is 18.3 Å². The quantitative estimate of drug-likeness (QED) is 0.799. The van der Waals surface area contributed by atoms with Crippen molar-refractivity contribution in [3.63, 3.8) is 0 Å². The number of likely N-dealkylation sites (tertiary alicyclic amines) is 1. The van der Waals surface area contributed by atoms with E-state index < -0.39 is 0 Å². The normalized spacial score (nSPS) is 29.5. The first kappa shape index (κ1) is 18.3. The van der Waals surface area contributed by atoms with Gasteiger partial charge in [-0.1, -0.05) is 0 Å². The number of aromatic nitrogens is 4. The third-order valence-corrected chi connectivity index (χ3v) is 5.53. The molecule has 2 aromatic rings. The smallest absolute Gasteiger partial charge is 0.254 e. The number of carbonyl (C=O) groups excluding carboxylic acids is 1. The molecule has 0 bridgehead atoms. The number of pyridine rings is 1. The third kappa shape index (κ3) is 3.80. The molecule has 0 spiro atoms. The molecular formula is C18H26N6O3. The number of aliphatic hydroxyl groups excluding tert-OH is 1. The Morgan fingerprint density at radius 2 is 1.96 bits per heavy atom. The van der Waals surface area contributed by atoms with E-state index in [2.05, 4.69) is 34.3 Å². The molecule has 2 aliphatic rings. The molecule has 0 saturated carbocycles. The zero-order chi connectivity index (χ0) is 19.0. The Balaban J connectivity index is 1.44. The van der Waals surface area contributed by atoms with Crippen molar-refractivity contribution in [2.45, 2.75) is 26.1 Å². The van der Waals surface area contributed by atoms with Gasteiger partial charge in [-0.2, -0.15) is 0 Å². The number of ether oxygens (including phenoxy) is 1. The van der Waals surface area contributed by atoms with E-state index in [4.69, 9.17) is 4.74 Å². The minimum Gasteiger partial charge on any atom is -0.396 e. The Labute approximate surface area is 157 Å². The van der Waals surface area contributed by atoms with E-state index in [1.807, 2.05) is 4.90 Å². The number of aliphatic hydroxyl groups is 1. The van der Waals surface area contributed by atoms with Crippen molar-refractivity contribution >= 4 is 11.6 Å². The van der Waals surface area contributed by atoms with Crippen LogP contribution in [0.4, 0.5) is 0 Å². The number of morpholine rings is 1. The van der Waals surface area contributed by atoms with Gasteiger partial charge in [0.1, 0.15) is 0 Å². The van der Waals surface area contributed by atoms with E-state index in [0.717, 1.165) is 19.6 Å². The molecule has 1 amide bonds. The zero-order valence-corrected chi connectivity index (χ0v) is 15.7. The summed E-state index contributed by atoms with van der Waals surface area (Å²) in [7, 11) is 0. The predicted octanol–water partition coefficient (Wildman–Crippen LogP) is -0.0860. The fourth-order valence-corrected chi connectivity index (χ4v) is 4.34. The molecule has 0 radical (unpaired) electrons. The van der Waals surface area contributed by atoms with Gasteiger partial charge in [0.05, 0.1) is 12.2 Å². The lowest BCUT2D eigenvalue weighted by molar-refractivity contribution is -0.0726. The fraction of sp³-hybridized carbons (Fsp3) is 0.667. The van der Waals surface area contributed by atoms with Gasteiger partial charge in [-0.3, -0.25) is 9.69 Å². The molecule has 2 aliphatic heterocycles. The second-order valence-electron chi connectivity index (χ2n) is 7.79. The van der Waals surface area contributed by atoms with Crippen LogP contribution in [0.2, 0.25) is 0 Å². The Kier molecular flexibility index (Phi) is 5.07. The van der Waals surface area contributed by atoms with Crippen molar-refractivity contribution < 1.29 is 14.6 Å². The first-order valence-electron chi connectivity index (χ1n) is 9.49. The maximum absolute atomic E-state index is 12.9. The molecule has 146 valence electrons. The molecular weight excluding hydrogens is 348 g/mol. The van der Waals surface area contributed by atoms with Crippen molar-refractivity contribution in [3.8, 4) is 0 Å². The highest BCUT2D eigenvalue weighted by atomic mass is 16.5. The summed E-state index contributed by atoms with van der Waals surface area (Å²) in [5, 5.41) is 21.2. The average Bonchev–Trinajstić information content (AvgIpc) is 3.26. The SMILES string of the molecule is C[C@@H]1CN(C[C@@H]2CN(C(=O)c3ccn4nnnc4c3)C[C@@H]2CO)C[C@H](C)O1. The number of carbonyl (C=O) groups is 1. The number of hydrogen-bond acceptors (Lipinski definition) is 7. The first-order valence-corrected chi connectivity index (χ1v) is 9.49. The van der Waals surface area contributed by atoms with Crippen LogP contribution in [0.5, 0.6) is 0 Å². The molecule has 9 heteroatoms. The lowest BCUT2D eigenvalue weighted by Crippen LogP contribution is -2.48. The molecule has 0 aliphatic carbocycles. The molecule has 4 heterocycles. The van der Waals surface area contributed by atoms with Gasteiger partial charge in [0.25, 0.3) is 5.91 Å². The number of amides is 1. The summed E-state index contributed by atoms with van der Waals surface area (Å²) >= 11 is 0. The standard InChI is InChI=1S/C18H26N6O3/c1-12-6-22(7-13(2)27-12)8-15-9-23(10-16(15)11-25)18(26)14-3-4-24-17(5-14)19-20-21-24/h3-5,12-13,15-16,25H,6-11H2,1-2H3/t12-,13+,15-,16-/m1/s1. The second kappa shape index (κ2) is 7.49. The van der Waals surface area contributed by atoms with Gasteiger partial charge in [-0.15, -0.1) is 5.10 Å². The summed E-state index contributed by atoms with van der Waals surface area (Å²) in [5.41, 5.74) is 1.12. The maximum Gasteiger partial charge on any atom is 0.254 e. The maximum atomic E-state index is 12.9. The lowest BCUT2D eigenvalue weighted by atomic mass is 9.96. The number of fused-ring (bicyclic) bond motifs is 1. The number of tetrazole rings is 1. The van der Waals surface area contributed by atoms with E-state index >= 15 is 0 Å². The summed E-state index contributed by atoms with van der Waals surface area (Å²) in [6.07, 6.45) is 2.11. The van der Waals surface area contributed by atoms with E-state index in [-0.39, 0.29) is 36.6 Å². The molecule has 4 atom stereocenters. The van der Waals surface area contributed by atoms with Crippen LogP contribution in [0, 0.1) is 11.8 Å². The monoisotopic (exact) mass is 374 g/mol. The molecule has 2 saturated heterocycles. The van der Waals surface area contributed by atoms with E-state index in [1.165, 1.54) is 4.52 Å². The van der Waals surface area contributed by atoms with E-state index in [9.17, 15) is 9.90 Å². The number of rotatable bonds is 4. The lowest BCUT2D eigenvalue weighted by Gasteiger charge is -2.37. The predicted molar refractivity (Wildman–Crippen MR) is 97.2 cm³/mol. The Bertz CT molecular complexity index is 801. The molecule has 2 aromatic heterocycles. The van der Waals surface area contributed by atoms with Crippen LogP contribution in [-0.4, -0.2) is 92.4 Å². The van der Waals surface area contributed by atoms with E-state index in [0.29, 0.717) is 24.3 Å². The van der Waals surface area contributed by atoms with Crippen molar-refractivity contribution in [1.82, 2.24) is 29.8 Å². The van der Waals surface area contributed by atoms with Crippen molar-refractivity contribution in [2.24, 2.45) is 11.8 Å². The summed E-state index contributed by atoms with van der Waals surface area (Å²) in [5.74, 6) is 0.320. The highest BCUT2D eigenvalue weighted by molar-refractivity contribution is 5.95. The van der Waals surface area contributed by atoms with Gasteiger partial charge >= 0.3 is 0 Å². The van der Waals surface area contributed by atoms with Crippen molar-refractivity contribution in [2.75, 3.05) is 39.3 Å². The summed E-state index contributed by atoms with van der Waals surface area (Å²) in [4.78, 5) is 17.2. The summed E-state index contributed by atoms with van der Waals surface area (Å²) < 4.78 is 7.33. The van der Waals surface area contributed by atoms with Crippen LogP contribution >= 0.6 is 0 Å². The average molecular weight is 374 g/mol. The molecule has 0 unspecified atom stereocenters. The second-order valence-corrected chi connectivity index (χ2v) is 7.79. The molecule has 2 fully saturated rings. The van der Waals surface area contributed by atoms with Crippen LogP contribution in [0.25, 0.3) is 5.65 Å². The minimum absolute atomic E-state index is 0.0369. The van der Waals surface area contributed by atoms with Crippen LogP contribution in [-0.2, 0) is 4.74 Å². The Morgan fingerprint density at radius 3 is 2.70 bits per heavy atom. The fourth-order valence-electron chi connectivity index (χ4n) is 4.34.